The first-order valence-corrected chi connectivity index (χ1v) is 9.57. The van der Waals surface area contributed by atoms with Crippen LogP contribution in [0.15, 0.2) is 29.4 Å². The Hall–Kier alpha value is -2.63. The van der Waals surface area contributed by atoms with E-state index < -0.39 is 38.0 Å². The molecule has 0 unspecified atom stereocenters. The van der Waals surface area contributed by atoms with Crippen LogP contribution >= 0.6 is 0 Å². The van der Waals surface area contributed by atoms with Crippen LogP contribution < -0.4 is 0 Å². The second-order valence-corrected chi connectivity index (χ2v) is 8.27. The number of halogens is 5. The molecule has 0 atom stereocenters. The van der Waals surface area contributed by atoms with Crippen molar-refractivity contribution in [3.63, 3.8) is 0 Å². The number of nitrogens with zero attached hydrogens (tertiary/aromatic N) is 4. The molecule has 0 N–H and O–H groups in total. The molecule has 150 valence electrons. The zero-order valence-corrected chi connectivity index (χ0v) is 15.5. The molecule has 0 fully saturated rings. The summed E-state index contributed by atoms with van der Waals surface area (Å²) in [7, 11) is -2.68. The Balaban J connectivity index is 2.29. The van der Waals surface area contributed by atoms with Crippen molar-refractivity contribution in [1.29, 1.82) is 0 Å². The van der Waals surface area contributed by atoms with E-state index in [0.29, 0.717) is 19.2 Å². The third kappa shape index (κ3) is 3.55. The van der Waals surface area contributed by atoms with Crippen LogP contribution in [-0.2, 0) is 29.0 Å². The number of imidazole rings is 1. The van der Waals surface area contributed by atoms with Gasteiger partial charge in [-0.2, -0.15) is 13.2 Å². The van der Waals surface area contributed by atoms with E-state index in [1.807, 2.05) is 0 Å². The van der Waals surface area contributed by atoms with Crippen molar-refractivity contribution in [3.05, 3.63) is 35.7 Å². The van der Waals surface area contributed by atoms with Crippen molar-refractivity contribution in [2.24, 2.45) is 7.05 Å². The molecule has 0 aliphatic heterocycles. The SMILES string of the molecule is Cn1c(-c2ncc(C(F)(F)F)cc2S(C)(=O)=O)nc2cc(C(C)(F)F)cnc21. The molecule has 3 aromatic rings. The van der Waals surface area contributed by atoms with Gasteiger partial charge in [0.05, 0.1) is 10.5 Å². The van der Waals surface area contributed by atoms with Gasteiger partial charge < -0.3 is 4.57 Å². The summed E-state index contributed by atoms with van der Waals surface area (Å²) in [5.74, 6) is -3.29. The smallest absolute Gasteiger partial charge is 0.310 e. The molecule has 3 heterocycles. The maximum Gasteiger partial charge on any atom is 0.417 e. The molecule has 0 aromatic carbocycles. The molecular formula is C16H13F5N4O2S. The summed E-state index contributed by atoms with van der Waals surface area (Å²) >= 11 is 0. The third-order valence-electron chi connectivity index (χ3n) is 4.01. The molecule has 3 aromatic heterocycles. The van der Waals surface area contributed by atoms with E-state index in [9.17, 15) is 30.4 Å². The van der Waals surface area contributed by atoms with Gasteiger partial charge >= 0.3 is 6.18 Å². The Morgan fingerprint density at radius 3 is 2.14 bits per heavy atom. The number of alkyl halides is 5. The van der Waals surface area contributed by atoms with Crippen molar-refractivity contribution in [2.45, 2.75) is 23.9 Å². The Labute approximate surface area is 156 Å². The van der Waals surface area contributed by atoms with Gasteiger partial charge in [-0.15, -0.1) is 0 Å². The molecule has 3 rings (SSSR count). The summed E-state index contributed by atoms with van der Waals surface area (Å²) < 4.78 is 91.3. The Bertz CT molecular complexity index is 1180. The predicted octanol–water partition coefficient (Wildman–Crippen LogP) is 3.56. The fourth-order valence-electron chi connectivity index (χ4n) is 2.58. The van der Waals surface area contributed by atoms with Crippen LogP contribution in [0, 0.1) is 0 Å². The van der Waals surface area contributed by atoms with E-state index in [1.165, 1.54) is 11.6 Å². The van der Waals surface area contributed by atoms with Gasteiger partial charge in [-0.25, -0.2) is 27.2 Å². The van der Waals surface area contributed by atoms with Crippen LogP contribution in [0.2, 0.25) is 0 Å². The lowest BCUT2D eigenvalue weighted by molar-refractivity contribution is -0.138. The molecule has 12 heteroatoms. The zero-order valence-electron chi connectivity index (χ0n) is 14.7. The lowest BCUT2D eigenvalue weighted by Gasteiger charge is -2.11. The lowest BCUT2D eigenvalue weighted by atomic mass is 10.2. The van der Waals surface area contributed by atoms with Crippen molar-refractivity contribution in [1.82, 2.24) is 19.5 Å². The van der Waals surface area contributed by atoms with Crippen LogP contribution in [0.1, 0.15) is 18.1 Å². The molecule has 0 saturated carbocycles. The molecule has 28 heavy (non-hydrogen) atoms. The molecule has 0 spiro atoms. The molecule has 0 aliphatic rings. The number of aromatic nitrogens is 4. The third-order valence-corrected chi connectivity index (χ3v) is 5.12. The van der Waals surface area contributed by atoms with Gasteiger partial charge in [0.2, 0.25) is 0 Å². The first-order valence-electron chi connectivity index (χ1n) is 7.68. The number of aryl methyl sites for hydroxylation is 1. The summed E-state index contributed by atoms with van der Waals surface area (Å²) in [4.78, 5) is 11.0. The van der Waals surface area contributed by atoms with Crippen molar-refractivity contribution in [2.75, 3.05) is 6.26 Å². The monoisotopic (exact) mass is 420 g/mol. The number of hydrogen-bond donors (Lipinski definition) is 0. The fourth-order valence-corrected chi connectivity index (χ4v) is 3.41. The summed E-state index contributed by atoms with van der Waals surface area (Å²) in [5.41, 5.74) is -1.81. The topological polar surface area (TPSA) is 77.7 Å². The summed E-state index contributed by atoms with van der Waals surface area (Å²) in [6.07, 6.45) is -2.61. The number of fused-ring (bicyclic) bond motifs is 1. The minimum atomic E-state index is -4.79. The van der Waals surface area contributed by atoms with Gasteiger partial charge in [0, 0.05) is 38.2 Å². The minimum Gasteiger partial charge on any atom is -0.310 e. The van der Waals surface area contributed by atoms with E-state index in [0.717, 1.165) is 18.5 Å². The summed E-state index contributed by atoms with van der Waals surface area (Å²) in [5, 5.41) is 0. The molecule has 0 bridgehead atoms. The molecule has 0 amide bonds. The quantitative estimate of drug-likeness (QED) is 0.606. The maximum absolute atomic E-state index is 13.5. The Morgan fingerprint density at radius 2 is 1.61 bits per heavy atom. The van der Waals surface area contributed by atoms with Gasteiger partial charge in [-0.1, -0.05) is 0 Å². The number of sulfone groups is 1. The van der Waals surface area contributed by atoms with Crippen molar-refractivity contribution >= 4 is 21.0 Å². The van der Waals surface area contributed by atoms with Gasteiger partial charge in [0.15, 0.2) is 21.3 Å². The van der Waals surface area contributed by atoms with E-state index in [4.69, 9.17) is 0 Å². The molecule has 6 nitrogen and oxygen atoms in total. The van der Waals surface area contributed by atoms with E-state index in [1.54, 1.807) is 0 Å². The van der Waals surface area contributed by atoms with E-state index >= 15 is 0 Å². The maximum atomic E-state index is 13.5. The minimum absolute atomic E-state index is 0.0256. The van der Waals surface area contributed by atoms with E-state index in [2.05, 4.69) is 15.0 Å². The van der Waals surface area contributed by atoms with E-state index in [-0.39, 0.29) is 22.7 Å². The summed E-state index contributed by atoms with van der Waals surface area (Å²) in [6, 6.07) is 1.55. The highest BCUT2D eigenvalue weighted by molar-refractivity contribution is 7.90. The second kappa shape index (κ2) is 6.19. The number of hydrogen-bond acceptors (Lipinski definition) is 5. The fraction of sp³-hybridized carbons (Fsp3) is 0.312. The van der Waals surface area contributed by atoms with Crippen LogP contribution in [0.5, 0.6) is 0 Å². The first kappa shape index (κ1) is 20.1. The van der Waals surface area contributed by atoms with Crippen LogP contribution in [0.3, 0.4) is 0 Å². The van der Waals surface area contributed by atoms with Crippen LogP contribution in [-0.4, -0.2) is 34.2 Å². The van der Waals surface area contributed by atoms with Gasteiger partial charge in [-0.3, -0.25) is 4.98 Å². The van der Waals surface area contributed by atoms with Crippen LogP contribution in [0.25, 0.3) is 22.7 Å². The average molecular weight is 420 g/mol. The van der Waals surface area contributed by atoms with Crippen molar-refractivity contribution < 1.29 is 30.4 Å². The normalized spacial score (nSPS) is 13.3. The molecule has 0 radical (unpaired) electrons. The summed E-state index contributed by atoms with van der Waals surface area (Å²) in [6.45, 7) is 0.679. The molecular weight excluding hydrogens is 407 g/mol. The number of rotatable bonds is 3. The largest absolute Gasteiger partial charge is 0.417 e. The van der Waals surface area contributed by atoms with Crippen LogP contribution in [0.4, 0.5) is 22.0 Å². The highest BCUT2D eigenvalue weighted by Crippen LogP contribution is 2.35. The Kier molecular flexibility index (Phi) is 4.45. The second-order valence-electron chi connectivity index (χ2n) is 6.29. The highest BCUT2D eigenvalue weighted by Gasteiger charge is 2.34. The standard InChI is InChI=1S/C16H13F5N4O2S/c1-15(17,18)8-4-10-13(23-6-8)25(2)14(24-10)12-11(28(3,26)27)5-9(7-22-12)16(19,20)21/h4-7H,1-3H3. The highest BCUT2D eigenvalue weighted by atomic mass is 32.2. The lowest BCUT2D eigenvalue weighted by Crippen LogP contribution is -2.11. The molecule has 0 aliphatic carbocycles. The predicted molar refractivity (Wildman–Crippen MR) is 89.4 cm³/mol. The molecule has 0 saturated heterocycles. The van der Waals surface area contributed by atoms with Crippen molar-refractivity contribution in [3.8, 4) is 11.5 Å². The number of pyridine rings is 2. The first-order chi connectivity index (χ1) is 12.7. The van der Waals surface area contributed by atoms with Gasteiger partial charge in [0.25, 0.3) is 5.92 Å². The van der Waals surface area contributed by atoms with Gasteiger partial charge in [-0.05, 0) is 12.1 Å². The Morgan fingerprint density at radius 1 is 1.00 bits per heavy atom. The zero-order chi connectivity index (χ0) is 21.1. The average Bonchev–Trinajstić information content (AvgIpc) is 2.88. The van der Waals surface area contributed by atoms with Gasteiger partial charge in [0.1, 0.15) is 11.2 Å².